The van der Waals surface area contributed by atoms with E-state index in [0.29, 0.717) is 11.5 Å². The number of rotatable bonds is 5. The number of hydrogen-bond donors (Lipinski definition) is 2. The van der Waals surface area contributed by atoms with Crippen LogP contribution in [-0.2, 0) is 6.42 Å². The Hall–Kier alpha value is -3.98. The summed E-state index contributed by atoms with van der Waals surface area (Å²) < 4.78 is 7.34. The molecule has 5 rings (SSSR count). The number of aryl methyl sites for hydroxylation is 3. The molecule has 0 fully saturated rings. The molecule has 1 atom stereocenters. The van der Waals surface area contributed by atoms with Crippen molar-refractivity contribution in [2.75, 3.05) is 12.4 Å². The van der Waals surface area contributed by atoms with Crippen molar-refractivity contribution in [3.05, 3.63) is 87.8 Å². The SMILES string of the molecule is CCc1cc2c(s1)-n1c(C)nnc1C(NC(=O)Nc1cccc(C)c1)N=C2c1ccc(OC)cc1. The van der Waals surface area contributed by atoms with Gasteiger partial charge in [-0.1, -0.05) is 19.1 Å². The van der Waals surface area contributed by atoms with Crippen LogP contribution in [0, 0.1) is 13.8 Å². The van der Waals surface area contributed by atoms with Gasteiger partial charge in [-0.3, -0.25) is 9.56 Å². The molecule has 0 saturated heterocycles. The van der Waals surface area contributed by atoms with Gasteiger partial charge in [-0.05, 0) is 68.3 Å². The van der Waals surface area contributed by atoms with Crippen molar-refractivity contribution in [1.29, 1.82) is 0 Å². The Kier molecular flexibility index (Phi) is 6.08. The van der Waals surface area contributed by atoms with Crippen LogP contribution < -0.4 is 15.4 Å². The number of ether oxygens (including phenoxy) is 1. The zero-order chi connectivity index (χ0) is 24.5. The number of urea groups is 1. The first-order chi connectivity index (χ1) is 17.0. The highest BCUT2D eigenvalue weighted by Crippen LogP contribution is 2.36. The fourth-order valence-electron chi connectivity index (χ4n) is 4.09. The van der Waals surface area contributed by atoms with Crippen LogP contribution in [0.5, 0.6) is 5.75 Å². The van der Waals surface area contributed by atoms with Gasteiger partial charge in [-0.15, -0.1) is 21.5 Å². The quantitative estimate of drug-likeness (QED) is 0.406. The number of amides is 2. The van der Waals surface area contributed by atoms with Crippen molar-refractivity contribution in [1.82, 2.24) is 20.1 Å². The summed E-state index contributed by atoms with van der Waals surface area (Å²) in [5, 5.41) is 15.6. The van der Waals surface area contributed by atoms with Crippen LogP contribution >= 0.6 is 11.3 Å². The molecule has 2 aromatic heterocycles. The van der Waals surface area contributed by atoms with E-state index in [9.17, 15) is 4.79 Å². The topological polar surface area (TPSA) is 93.4 Å². The summed E-state index contributed by atoms with van der Waals surface area (Å²) in [5.74, 6) is 2.07. The number of aromatic nitrogens is 3. The average Bonchev–Trinajstić information content (AvgIpc) is 3.42. The van der Waals surface area contributed by atoms with Crippen LogP contribution in [-0.4, -0.2) is 33.6 Å². The van der Waals surface area contributed by atoms with E-state index in [2.05, 4.69) is 33.8 Å². The predicted molar refractivity (Wildman–Crippen MR) is 138 cm³/mol. The third-order valence-electron chi connectivity index (χ3n) is 5.83. The molecule has 35 heavy (non-hydrogen) atoms. The molecule has 0 bridgehead atoms. The van der Waals surface area contributed by atoms with E-state index in [1.807, 2.05) is 66.9 Å². The number of fused-ring (bicyclic) bond motifs is 3. The third-order valence-corrected chi connectivity index (χ3v) is 7.09. The number of aliphatic imine (C=N–C) groups is 1. The molecule has 0 spiro atoms. The van der Waals surface area contributed by atoms with E-state index in [4.69, 9.17) is 9.73 Å². The minimum Gasteiger partial charge on any atom is -0.497 e. The normalized spacial score (nSPS) is 14.4. The minimum absolute atomic E-state index is 0.370. The number of methoxy groups -OCH3 is 1. The Morgan fingerprint density at radius 1 is 1.11 bits per heavy atom. The largest absolute Gasteiger partial charge is 0.497 e. The standard InChI is InChI=1S/C26H26N6O2S/c1-5-20-14-21-22(17-9-11-19(34-4)12-10-17)28-23(24-31-30-16(3)32(24)25(21)35-20)29-26(33)27-18-8-6-7-15(2)13-18/h6-14,23H,5H2,1-4H3,(H2,27,29,33). The molecule has 8 nitrogen and oxygen atoms in total. The monoisotopic (exact) mass is 486 g/mol. The molecular formula is C26H26N6O2S. The van der Waals surface area contributed by atoms with Gasteiger partial charge < -0.3 is 15.4 Å². The van der Waals surface area contributed by atoms with Gasteiger partial charge in [-0.25, -0.2) is 4.79 Å². The van der Waals surface area contributed by atoms with Crippen LogP contribution in [0.3, 0.4) is 0 Å². The van der Waals surface area contributed by atoms with E-state index < -0.39 is 6.17 Å². The first-order valence-electron chi connectivity index (χ1n) is 11.4. The summed E-state index contributed by atoms with van der Waals surface area (Å²) in [7, 11) is 1.64. The van der Waals surface area contributed by atoms with E-state index in [1.54, 1.807) is 18.4 Å². The second-order valence-electron chi connectivity index (χ2n) is 8.30. The van der Waals surface area contributed by atoms with Crippen molar-refractivity contribution in [3.8, 4) is 10.8 Å². The average molecular weight is 487 g/mol. The zero-order valence-electron chi connectivity index (χ0n) is 20.0. The van der Waals surface area contributed by atoms with Crippen molar-refractivity contribution >= 4 is 28.8 Å². The number of benzene rings is 2. The lowest BCUT2D eigenvalue weighted by atomic mass is 10.0. The summed E-state index contributed by atoms with van der Waals surface area (Å²) in [4.78, 5) is 19.3. The minimum atomic E-state index is -0.734. The van der Waals surface area contributed by atoms with Gasteiger partial charge in [0.2, 0.25) is 0 Å². The van der Waals surface area contributed by atoms with Crippen molar-refractivity contribution in [3.63, 3.8) is 0 Å². The van der Waals surface area contributed by atoms with Gasteiger partial charge in [0.05, 0.1) is 12.8 Å². The smallest absolute Gasteiger partial charge is 0.321 e. The Morgan fingerprint density at radius 2 is 1.91 bits per heavy atom. The lowest BCUT2D eigenvalue weighted by Crippen LogP contribution is -2.33. The van der Waals surface area contributed by atoms with Crippen LogP contribution in [0.15, 0.2) is 59.6 Å². The first kappa shape index (κ1) is 22.8. The fourth-order valence-corrected chi connectivity index (χ4v) is 5.25. The molecule has 178 valence electrons. The van der Waals surface area contributed by atoms with E-state index in [0.717, 1.165) is 45.4 Å². The number of thiophene rings is 1. The molecule has 1 aliphatic rings. The van der Waals surface area contributed by atoms with Gasteiger partial charge in [-0.2, -0.15) is 0 Å². The van der Waals surface area contributed by atoms with Crippen LogP contribution in [0.2, 0.25) is 0 Å². The maximum Gasteiger partial charge on any atom is 0.321 e. The van der Waals surface area contributed by atoms with E-state index in [-0.39, 0.29) is 6.03 Å². The molecule has 0 radical (unpaired) electrons. The summed E-state index contributed by atoms with van der Waals surface area (Å²) >= 11 is 1.69. The lowest BCUT2D eigenvalue weighted by molar-refractivity contribution is 0.248. The van der Waals surface area contributed by atoms with Gasteiger partial charge >= 0.3 is 6.03 Å². The number of carbonyl (C=O) groups is 1. The number of hydrogen-bond acceptors (Lipinski definition) is 6. The highest BCUT2D eigenvalue weighted by Gasteiger charge is 2.30. The first-order valence-corrected chi connectivity index (χ1v) is 12.2. The molecule has 0 saturated carbocycles. The summed E-state index contributed by atoms with van der Waals surface area (Å²) in [6, 6.07) is 17.2. The fraction of sp³-hybridized carbons (Fsp3) is 0.231. The lowest BCUT2D eigenvalue weighted by Gasteiger charge is -2.15. The van der Waals surface area contributed by atoms with Crippen molar-refractivity contribution in [2.24, 2.45) is 4.99 Å². The number of carbonyl (C=O) groups excluding carboxylic acids is 1. The van der Waals surface area contributed by atoms with Crippen LogP contribution in [0.4, 0.5) is 10.5 Å². The maximum absolute atomic E-state index is 13.0. The molecule has 0 aliphatic carbocycles. The molecular weight excluding hydrogens is 460 g/mol. The third kappa shape index (κ3) is 4.42. The Labute approximate surface area is 207 Å². The van der Waals surface area contributed by atoms with Gasteiger partial charge in [0.15, 0.2) is 12.0 Å². The number of nitrogens with zero attached hydrogens (tertiary/aromatic N) is 4. The summed E-state index contributed by atoms with van der Waals surface area (Å²) in [6.45, 7) is 6.02. The molecule has 3 heterocycles. The second kappa shape index (κ2) is 9.34. The van der Waals surface area contributed by atoms with Gasteiger partial charge in [0.25, 0.3) is 0 Å². The van der Waals surface area contributed by atoms with E-state index in [1.165, 1.54) is 4.88 Å². The second-order valence-corrected chi connectivity index (χ2v) is 9.42. The molecule has 1 unspecified atom stereocenters. The van der Waals surface area contributed by atoms with E-state index >= 15 is 0 Å². The molecule has 2 N–H and O–H groups in total. The Bertz CT molecular complexity index is 1420. The zero-order valence-corrected chi connectivity index (χ0v) is 20.8. The summed E-state index contributed by atoms with van der Waals surface area (Å²) in [6.07, 6.45) is 0.174. The predicted octanol–water partition coefficient (Wildman–Crippen LogP) is 5.19. The van der Waals surface area contributed by atoms with Gasteiger partial charge in [0.1, 0.15) is 16.6 Å². The molecule has 2 aromatic carbocycles. The number of nitrogens with one attached hydrogen (secondary N) is 2. The number of anilines is 1. The molecule has 2 amide bonds. The van der Waals surface area contributed by atoms with Gasteiger partial charge in [0, 0.05) is 21.7 Å². The Morgan fingerprint density at radius 3 is 2.63 bits per heavy atom. The highest BCUT2D eigenvalue weighted by atomic mass is 32.1. The highest BCUT2D eigenvalue weighted by molar-refractivity contribution is 7.15. The van der Waals surface area contributed by atoms with Crippen LogP contribution in [0.25, 0.3) is 5.00 Å². The maximum atomic E-state index is 13.0. The van der Waals surface area contributed by atoms with Crippen molar-refractivity contribution < 1.29 is 9.53 Å². The summed E-state index contributed by atoms with van der Waals surface area (Å²) in [5.41, 5.74) is 4.46. The van der Waals surface area contributed by atoms with Crippen molar-refractivity contribution in [2.45, 2.75) is 33.4 Å². The molecule has 4 aromatic rings. The molecule has 1 aliphatic heterocycles. The molecule has 9 heteroatoms. The van der Waals surface area contributed by atoms with Crippen LogP contribution in [0.1, 0.15) is 46.3 Å². The Balaban J connectivity index is 1.59.